The minimum absolute atomic E-state index is 0.275. The molecule has 1 atom stereocenters. The third kappa shape index (κ3) is 5.70. The second-order valence-corrected chi connectivity index (χ2v) is 9.12. The Kier molecular flexibility index (Phi) is 8.06. The van der Waals surface area contributed by atoms with Crippen LogP contribution in [0.4, 0.5) is 0 Å². The highest BCUT2D eigenvalue weighted by atomic mass is 15.3. The summed E-state index contributed by atoms with van der Waals surface area (Å²) >= 11 is 0. The molecule has 0 aliphatic heterocycles. The SMILES string of the molecule is CC.CCCCC(C)(CC)Cn1cc(-c2ccc(C)nc2-c2ccc3cn(C)nc3c2)cn1. The van der Waals surface area contributed by atoms with E-state index in [-0.39, 0.29) is 5.41 Å². The summed E-state index contributed by atoms with van der Waals surface area (Å²) < 4.78 is 3.96. The minimum atomic E-state index is 0.275. The molecule has 5 heteroatoms. The van der Waals surface area contributed by atoms with Crippen LogP contribution in [0.1, 0.15) is 66.0 Å². The van der Waals surface area contributed by atoms with Crippen LogP contribution in [-0.4, -0.2) is 24.5 Å². The van der Waals surface area contributed by atoms with Crippen LogP contribution in [0.2, 0.25) is 0 Å². The lowest BCUT2D eigenvalue weighted by atomic mass is 9.82. The fraction of sp³-hybridized carbons (Fsp3) is 0.464. The summed E-state index contributed by atoms with van der Waals surface area (Å²) in [7, 11) is 1.95. The zero-order chi connectivity index (χ0) is 24.0. The monoisotopic (exact) mass is 445 g/mol. The Labute approximate surface area is 198 Å². The lowest BCUT2D eigenvalue weighted by Crippen LogP contribution is -2.23. The standard InChI is InChI=1S/C26H33N5.C2H6/c1-6-8-13-26(4,7-2)18-31-17-22(15-27-31)23-12-9-19(3)28-25(23)20-10-11-21-16-30(5)29-24(21)14-20;1-2/h9-12,14-17H,6-8,13,18H2,1-5H3;1-2H3. The Hall–Kier alpha value is -2.95. The third-order valence-corrected chi connectivity index (χ3v) is 6.41. The molecule has 3 aromatic heterocycles. The van der Waals surface area contributed by atoms with Gasteiger partial charge in [-0.2, -0.15) is 10.2 Å². The van der Waals surface area contributed by atoms with E-state index >= 15 is 0 Å². The molecule has 0 aliphatic carbocycles. The Morgan fingerprint density at radius 3 is 2.52 bits per heavy atom. The summed E-state index contributed by atoms with van der Waals surface area (Å²) in [6.45, 7) is 13.9. The summed E-state index contributed by atoms with van der Waals surface area (Å²) in [6.07, 6.45) is 11.1. The number of rotatable bonds is 8. The quantitative estimate of drug-likeness (QED) is 0.283. The molecule has 3 heterocycles. The second-order valence-electron chi connectivity index (χ2n) is 9.12. The first kappa shape index (κ1) is 24.7. The van der Waals surface area contributed by atoms with Crippen LogP contribution < -0.4 is 0 Å². The summed E-state index contributed by atoms with van der Waals surface area (Å²) in [4.78, 5) is 4.90. The van der Waals surface area contributed by atoms with Gasteiger partial charge < -0.3 is 0 Å². The molecule has 33 heavy (non-hydrogen) atoms. The van der Waals surface area contributed by atoms with Crippen LogP contribution in [0, 0.1) is 12.3 Å². The number of fused-ring (bicyclic) bond motifs is 1. The maximum Gasteiger partial charge on any atom is 0.0929 e. The van der Waals surface area contributed by atoms with Crippen LogP contribution in [0.3, 0.4) is 0 Å². The maximum atomic E-state index is 4.90. The summed E-state index contributed by atoms with van der Waals surface area (Å²) in [5.41, 5.74) is 6.55. The molecule has 0 amide bonds. The number of aryl methyl sites for hydroxylation is 2. The van der Waals surface area contributed by atoms with E-state index in [1.165, 1.54) is 19.3 Å². The molecule has 0 fully saturated rings. The first-order valence-corrected chi connectivity index (χ1v) is 12.3. The summed E-state index contributed by atoms with van der Waals surface area (Å²) in [6, 6.07) is 10.6. The largest absolute Gasteiger partial charge is 0.275 e. The number of nitrogens with zero attached hydrogens (tertiary/aromatic N) is 5. The van der Waals surface area contributed by atoms with Gasteiger partial charge in [-0.1, -0.05) is 65.7 Å². The van der Waals surface area contributed by atoms with Crippen molar-refractivity contribution in [2.75, 3.05) is 0 Å². The number of aromatic nitrogens is 5. The molecule has 0 bridgehead atoms. The van der Waals surface area contributed by atoms with Gasteiger partial charge in [0, 0.05) is 53.8 Å². The number of hydrogen-bond acceptors (Lipinski definition) is 3. The molecular weight excluding hydrogens is 406 g/mol. The number of unbranched alkanes of at least 4 members (excludes halogenated alkanes) is 1. The van der Waals surface area contributed by atoms with Gasteiger partial charge in [0.15, 0.2) is 0 Å². The van der Waals surface area contributed by atoms with Crippen molar-refractivity contribution in [1.82, 2.24) is 24.5 Å². The van der Waals surface area contributed by atoms with Gasteiger partial charge in [-0.05, 0) is 37.3 Å². The lowest BCUT2D eigenvalue weighted by molar-refractivity contribution is 0.222. The second kappa shape index (κ2) is 10.8. The molecule has 0 radical (unpaired) electrons. The number of benzene rings is 1. The zero-order valence-corrected chi connectivity index (χ0v) is 21.4. The Morgan fingerprint density at radius 1 is 1.00 bits per heavy atom. The van der Waals surface area contributed by atoms with Gasteiger partial charge in [0.25, 0.3) is 0 Å². The normalized spacial score (nSPS) is 12.9. The van der Waals surface area contributed by atoms with Crippen molar-refractivity contribution < 1.29 is 0 Å². The average molecular weight is 446 g/mol. The van der Waals surface area contributed by atoms with Gasteiger partial charge in [-0.25, -0.2) is 0 Å². The van der Waals surface area contributed by atoms with Crippen molar-refractivity contribution in [3.63, 3.8) is 0 Å². The van der Waals surface area contributed by atoms with Crippen molar-refractivity contribution in [2.24, 2.45) is 12.5 Å². The molecule has 0 saturated heterocycles. The van der Waals surface area contributed by atoms with Crippen LogP contribution in [-0.2, 0) is 13.6 Å². The predicted molar refractivity (Wildman–Crippen MR) is 139 cm³/mol. The van der Waals surface area contributed by atoms with E-state index in [0.29, 0.717) is 0 Å². The van der Waals surface area contributed by atoms with Crippen molar-refractivity contribution in [3.8, 4) is 22.4 Å². The van der Waals surface area contributed by atoms with E-state index in [0.717, 1.165) is 51.9 Å². The molecule has 0 spiro atoms. The summed E-state index contributed by atoms with van der Waals surface area (Å²) in [5.74, 6) is 0. The first-order valence-electron chi connectivity index (χ1n) is 12.3. The number of pyridine rings is 1. The molecule has 1 aromatic carbocycles. The van der Waals surface area contributed by atoms with E-state index < -0.39 is 0 Å². The van der Waals surface area contributed by atoms with Crippen LogP contribution in [0.15, 0.2) is 48.9 Å². The van der Waals surface area contributed by atoms with Crippen LogP contribution in [0.25, 0.3) is 33.3 Å². The Morgan fingerprint density at radius 2 is 1.79 bits per heavy atom. The molecule has 5 nitrogen and oxygen atoms in total. The first-order chi connectivity index (χ1) is 15.9. The molecule has 4 rings (SSSR count). The highest BCUT2D eigenvalue weighted by Crippen LogP contribution is 2.34. The van der Waals surface area contributed by atoms with Crippen molar-refractivity contribution in [1.29, 1.82) is 0 Å². The Balaban J connectivity index is 0.00000149. The fourth-order valence-corrected chi connectivity index (χ4v) is 4.25. The van der Waals surface area contributed by atoms with Crippen molar-refractivity contribution in [2.45, 2.75) is 73.8 Å². The van der Waals surface area contributed by atoms with Gasteiger partial charge >= 0.3 is 0 Å². The van der Waals surface area contributed by atoms with Crippen LogP contribution >= 0.6 is 0 Å². The molecule has 0 aliphatic rings. The molecule has 0 saturated carbocycles. The van der Waals surface area contributed by atoms with E-state index in [1.807, 2.05) is 44.9 Å². The van der Waals surface area contributed by atoms with Crippen molar-refractivity contribution >= 4 is 10.9 Å². The van der Waals surface area contributed by atoms with Gasteiger partial charge in [-0.3, -0.25) is 14.3 Å². The minimum Gasteiger partial charge on any atom is -0.275 e. The van der Waals surface area contributed by atoms with E-state index in [9.17, 15) is 0 Å². The molecular formula is C28H39N5. The predicted octanol–water partition coefficient (Wildman–Crippen LogP) is 7.44. The molecule has 4 aromatic rings. The van der Waals surface area contributed by atoms with E-state index in [1.54, 1.807) is 0 Å². The maximum absolute atomic E-state index is 4.90. The Bertz CT molecular complexity index is 1190. The smallest absolute Gasteiger partial charge is 0.0929 e. The van der Waals surface area contributed by atoms with E-state index in [4.69, 9.17) is 10.1 Å². The van der Waals surface area contributed by atoms with Gasteiger partial charge in [0.2, 0.25) is 0 Å². The van der Waals surface area contributed by atoms with Gasteiger partial charge in [0.05, 0.1) is 17.4 Å². The highest BCUT2D eigenvalue weighted by Gasteiger charge is 2.23. The number of hydrogen-bond donors (Lipinski definition) is 0. The van der Waals surface area contributed by atoms with Crippen LogP contribution in [0.5, 0.6) is 0 Å². The third-order valence-electron chi connectivity index (χ3n) is 6.41. The average Bonchev–Trinajstić information content (AvgIpc) is 3.43. The van der Waals surface area contributed by atoms with Gasteiger partial charge in [-0.15, -0.1) is 0 Å². The van der Waals surface area contributed by atoms with Crippen molar-refractivity contribution in [3.05, 3.63) is 54.6 Å². The van der Waals surface area contributed by atoms with Gasteiger partial charge in [0.1, 0.15) is 0 Å². The summed E-state index contributed by atoms with van der Waals surface area (Å²) in [5, 5.41) is 10.4. The molecule has 176 valence electrons. The topological polar surface area (TPSA) is 48.5 Å². The zero-order valence-electron chi connectivity index (χ0n) is 21.4. The molecule has 0 N–H and O–H groups in total. The molecule has 1 unspecified atom stereocenters. The fourth-order valence-electron chi connectivity index (χ4n) is 4.25. The lowest BCUT2D eigenvalue weighted by Gasteiger charge is -2.28. The highest BCUT2D eigenvalue weighted by molar-refractivity contribution is 5.87. The van der Waals surface area contributed by atoms with E-state index in [2.05, 4.69) is 67.1 Å².